The molecule has 8 atom stereocenters. The lowest BCUT2D eigenvalue weighted by Crippen LogP contribution is -2.55. The van der Waals surface area contributed by atoms with Crippen LogP contribution in [0.4, 0.5) is 0 Å². The Balaban J connectivity index is 1.58. The van der Waals surface area contributed by atoms with Crippen LogP contribution in [0.3, 0.4) is 0 Å². The van der Waals surface area contributed by atoms with E-state index in [4.69, 9.17) is 0 Å². The lowest BCUT2D eigenvalue weighted by atomic mass is 9.44. The Bertz CT molecular complexity index is 490. The lowest BCUT2D eigenvalue weighted by molar-refractivity contribution is -0.152. The average Bonchev–Trinajstić information content (AvgIpc) is 2.92. The summed E-state index contributed by atoms with van der Waals surface area (Å²) in [5.74, 6) is 3.88. The van der Waals surface area contributed by atoms with E-state index in [2.05, 4.69) is 20.8 Å². The second kappa shape index (κ2) is 5.71. The van der Waals surface area contributed by atoms with Crippen LogP contribution < -0.4 is 0 Å². The van der Waals surface area contributed by atoms with Crippen molar-refractivity contribution in [1.82, 2.24) is 0 Å². The highest BCUT2D eigenvalue weighted by atomic mass is 16.3. The highest BCUT2D eigenvalue weighted by Crippen LogP contribution is 2.68. The first-order chi connectivity index (χ1) is 11.4. The normalized spacial score (nSPS) is 57.1. The molecule has 0 unspecified atom stereocenters. The first-order valence-corrected chi connectivity index (χ1v) is 10.7. The summed E-state index contributed by atoms with van der Waals surface area (Å²) in [5.41, 5.74) is 0.483. The van der Waals surface area contributed by atoms with Gasteiger partial charge in [0.25, 0.3) is 0 Å². The van der Waals surface area contributed by atoms with E-state index in [1.54, 1.807) is 0 Å². The fraction of sp³-hybridized carbons (Fsp3) is 1.00. The third kappa shape index (κ3) is 2.28. The molecule has 2 heteroatoms. The van der Waals surface area contributed by atoms with Crippen LogP contribution in [-0.2, 0) is 0 Å². The quantitative estimate of drug-likeness (QED) is 0.763. The van der Waals surface area contributed by atoms with E-state index >= 15 is 0 Å². The number of rotatable bonds is 2. The van der Waals surface area contributed by atoms with Crippen molar-refractivity contribution < 1.29 is 10.2 Å². The van der Waals surface area contributed by atoms with Gasteiger partial charge in [-0.25, -0.2) is 0 Å². The van der Waals surface area contributed by atoms with Crippen LogP contribution in [0.1, 0.15) is 85.0 Å². The number of aliphatic hydroxyl groups excluding tert-OH is 1. The predicted molar refractivity (Wildman–Crippen MR) is 97.5 cm³/mol. The van der Waals surface area contributed by atoms with E-state index in [0.717, 1.165) is 42.9 Å². The van der Waals surface area contributed by atoms with Crippen LogP contribution in [0.2, 0.25) is 0 Å². The van der Waals surface area contributed by atoms with E-state index in [1.807, 2.05) is 0 Å². The molecule has 4 rings (SSSR count). The van der Waals surface area contributed by atoms with Gasteiger partial charge in [0.15, 0.2) is 0 Å². The third-order valence-corrected chi connectivity index (χ3v) is 9.90. The minimum Gasteiger partial charge on any atom is -0.396 e. The molecule has 0 saturated heterocycles. The van der Waals surface area contributed by atoms with Crippen molar-refractivity contribution in [1.29, 1.82) is 0 Å². The van der Waals surface area contributed by atoms with Gasteiger partial charge in [0, 0.05) is 6.61 Å². The van der Waals surface area contributed by atoms with Gasteiger partial charge in [-0.05, 0) is 105 Å². The fourth-order valence-electron chi connectivity index (χ4n) is 8.05. The van der Waals surface area contributed by atoms with Crippen LogP contribution in [0.15, 0.2) is 0 Å². The van der Waals surface area contributed by atoms with Crippen molar-refractivity contribution in [2.24, 2.45) is 40.4 Å². The maximum Gasteiger partial charge on any atom is 0.0648 e. The Hall–Kier alpha value is -0.0800. The predicted octanol–water partition coefficient (Wildman–Crippen LogP) is 4.78. The van der Waals surface area contributed by atoms with E-state index in [1.165, 1.54) is 44.9 Å². The summed E-state index contributed by atoms with van der Waals surface area (Å²) in [5, 5.41) is 20.7. The summed E-state index contributed by atoms with van der Waals surface area (Å²) < 4.78 is 0. The molecule has 138 valence electrons. The maximum absolute atomic E-state index is 10.9. The zero-order valence-corrected chi connectivity index (χ0v) is 16.1. The summed E-state index contributed by atoms with van der Waals surface area (Å²) >= 11 is 0. The van der Waals surface area contributed by atoms with E-state index in [-0.39, 0.29) is 5.60 Å². The Morgan fingerprint density at radius 1 is 0.875 bits per heavy atom. The largest absolute Gasteiger partial charge is 0.396 e. The first kappa shape index (κ1) is 17.3. The van der Waals surface area contributed by atoms with Gasteiger partial charge in [-0.1, -0.05) is 20.8 Å². The van der Waals surface area contributed by atoms with Crippen molar-refractivity contribution in [2.75, 3.05) is 6.61 Å². The summed E-state index contributed by atoms with van der Waals surface area (Å²) in [6.45, 7) is 7.62. The van der Waals surface area contributed by atoms with Gasteiger partial charge in [-0.2, -0.15) is 0 Å². The van der Waals surface area contributed by atoms with Crippen molar-refractivity contribution in [2.45, 2.75) is 90.6 Å². The molecule has 0 aromatic heterocycles. The summed E-state index contributed by atoms with van der Waals surface area (Å²) in [6, 6.07) is 0. The van der Waals surface area contributed by atoms with Crippen molar-refractivity contribution >= 4 is 0 Å². The SMILES string of the molecule is CC[C@]1(O)CC[C@@]2(C)[C@@H](CC[C@@H]3[C@@H]2CC[C@]2(C)[C@@H](CO)CC[C@@H]32)C1. The zero-order valence-electron chi connectivity index (χ0n) is 16.1. The van der Waals surface area contributed by atoms with Crippen LogP contribution in [0.5, 0.6) is 0 Å². The monoisotopic (exact) mass is 334 g/mol. The number of hydrogen-bond acceptors (Lipinski definition) is 2. The molecule has 0 spiro atoms. The molecular weight excluding hydrogens is 296 g/mol. The van der Waals surface area contributed by atoms with Crippen LogP contribution in [-0.4, -0.2) is 22.4 Å². The molecule has 0 aromatic carbocycles. The summed E-state index contributed by atoms with van der Waals surface area (Å²) in [7, 11) is 0. The summed E-state index contributed by atoms with van der Waals surface area (Å²) in [6.07, 6.45) is 12.2. The molecule has 24 heavy (non-hydrogen) atoms. The fourth-order valence-corrected chi connectivity index (χ4v) is 8.05. The molecule has 4 fully saturated rings. The molecule has 0 amide bonds. The molecular formula is C22H38O2. The van der Waals surface area contributed by atoms with Gasteiger partial charge in [0.1, 0.15) is 0 Å². The van der Waals surface area contributed by atoms with Crippen molar-refractivity contribution in [3.63, 3.8) is 0 Å². The lowest BCUT2D eigenvalue weighted by Gasteiger charge is -2.62. The Morgan fingerprint density at radius 3 is 2.33 bits per heavy atom. The Morgan fingerprint density at radius 2 is 1.62 bits per heavy atom. The van der Waals surface area contributed by atoms with Gasteiger partial charge in [-0.15, -0.1) is 0 Å². The molecule has 0 aromatic rings. The minimum absolute atomic E-state index is 0.379. The number of fused-ring (bicyclic) bond motifs is 5. The standard InChI is InChI=1S/C22H38O2/c1-4-22(24)12-11-21(3)15(13-22)5-7-17-18-8-6-16(14-23)20(18,2)10-9-19(17)21/h15-19,23-24H,4-14H2,1-3H3/t15-,16+,17-,18-,19-,20+,21-,22-/m0/s1. The topological polar surface area (TPSA) is 40.5 Å². The molecule has 2 nitrogen and oxygen atoms in total. The van der Waals surface area contributed by atoms with Gasteiger partial charge >= 0.3 is 0 Å². The minimum atomic E-state index is -0.379. The zero-order chi connectivity index (χ0) is 17.2. The third-order valence-electron chi connectivity index (χ3n) is 9.90. The van der Waals surface area contributed by atoms with Crippen molar-refractivity contribution in [3.05, 3.63) is 0 Å². The highest BCUT2D eigenvalue weighted by Gasteiger charge is 2.60. The molecule has 2 N–H and O–H groups in total. The Labute approximate surface area is 148 Å². The first-order valence-electron chi connectivity index (χ1n) is 10.7. The molecule has 4 saturated carbocycles. The van der Waals surface area contributed by atoms with E-state index < -0.39 is 0 Å². The molecule has 0 radical (unpaired) electrons. The molecule has 0 aliphatic heterocycles. The highest BCUT2D eigenvalue weighted by molar-refractivity contribution is 5.10. The van der Waals surface area contributed by atoms with Gasteiger partial charge in [-0.3, -0.25) is 0 Å². The maximum atomic E-state index is 10.9. The summed E-state index contributed by atoms with van der Waals surface area (Å²) in [4.78, 5) is 0. The second-order valence-corrected chi connectivity index (χ2v) is 10.4. The number of hydrogen-bond donors (Lipinski definition) is 2. The van der Waals surface area contributed by atoms with Crippen LogP contribution in [0.25, 0.3) is 0 Å². The van der Waals surface area contributed by atoms with Gasteiger partial charge in [0.2, 0.25) is 0 Å². The van der Waals surface area contributed by atoms with Crippen LogP contribution in [0, 0.1) is 40.4 Å². The average molecular weight is 335 g/mol. The van der Waals surface area contributed by atoms with E-state index in [0.29, 0.717) is 23.4 Å². The smallest absolute Gasteiger partial charge is 0.0648 e. The molecule has 0 bridgehead atoms. The second-order valence-electron chi connectivity index (χ2n) is 10.4. The molecule has 4 aliphatic carbocycles. The number of aliphatic hydroxyl groups is 2. The Kier molecular flexibility index (Phi) is 4.12. The van der Waals surface area contributed by atoms with E-state index in [9.17, 15) is 10.2 Å². The molecule has 0 heterocycles. The van der Waals surface area contributed by atoms with Gasteiger partial charge < -0.3 is 10.2 Å². The van der Waals surface area contributed by atoms with Gasteiger partial charge in [0.05, 0.1) is 5.60 Å². The molecule has 4 aliphatic rings. The van der Waals surface area contributed by atoms with Crippen molar-refractivity contribution in [3.8, 4) is 0 Å². The van der Waals surface area contributed by atoms with Crippen LogP contribution >= 0.6 is 0 Å².